The lowest BCUT2D eigenvalue weighted by molar-refractivity contribution is 0.521. The molecule has 21 heavy (non-hydrogen) atoms. The third-order valence-corrected chi connectivity index (χ3v) is 4.50. The smallest absolute Gasteiger partial charge is 0.129 e. The summed E-state index contributed by atoms with van der Waals surface area (Å²) in [6.45, 7) is 5.52. The van der Waals surface area contributed by atoms with Crippen molar-refractivity contribution in [2.75, 3.05) is 25.0 Å². The van der Waals surface area contributed by atoms with Crippen LogP contribution in [0.25, 0.3) is 10.9 Å². The quantitative estimate of drug-likeness (QED) is 0.933. The molecule has 1 atom stereocenters. The van der Waals surface area contributed by atoms with Gasteiger partial charge < -0.3 is 10.2 Å². The highest BCUT2D eigenvalue weighted by Crippen LogP contribution is 2.26. The van der Waals surface area contributed by atoms with Gasteiger partial charge in [0.05, 0.1) is 5.52 Å². The molecule has 1 unspecified atom stereocenters. The zero-order valence-corrected chi connectivity index (χ0v) is 13.1. The van der Waals surface area contributed by atoms with Crippen molar-refractivity contribution >= 4 is 16.7 Å². The minimum absolute atomic E-state index is 0.840. The first-order valence-electron chi connectivity index (χ1n) is 8.06. The molecule has 1 aliphatic rings. The molecule has 0 radical (unpaired) electrons. The Balaban J connectivity index is 1.98. The van der Waals surface area contributed by atoms with Gasteiger partial charge in [-0.15, -0.1) is 0 Å². The molecular weight excluding hydrogens is 258 g/mol. The van der Waals surface area contributed by atoms with Crippen LogP contribution in [0.4, 0.5) is 5.82 Å². The van der Waals surface area contributed by atoms with Crippen molar-refractivity contribution in [2.24, 2.45) is 5.92 Å². The third kappa shape index (κ3) is 3.18. The predicted molar refractivity (Wildman–Crippen MR) is 89.7 cm³/mol. The van der Waals surface area contributed by atoms with Gasteiger partial charge in [-0.25, -0.2) is 4.98 Å². The summed E-state index contributed by atoms with van der Waals surface area (Å²) in [6, 6.07) is 10.7. The second-order valence-corrected chi connectivity index (χ2v) is 6.21. The molecular formula is C18H25N3. The molecule has 2 aromatic rings. The summed E-state index contributed by atoms with van der Waals surface area (Å²) in [4.78, 5) is 7.37. The number of hydrogen-bond donors (Lipinski definition) is 1. The highest BCUT2D eigenvalue weighted by Gasteiger charge is 2.16. The number of nitrogens with zero attached hydrogens (tertiary/aromatic N) is 2. The molecule has 0 bridgehead atoms. The molecule has 112 valence electrons. The number of benzene rings is 1. The summed E-state index contributed by atoms with van der Waals surface area (Å²) in [7, 11) is 2.00. The van der Waals surface area contributed by atoms with Gasteiger partial charge in [0.15, 0.2) is 0 Å². The summed E-state index contributed by atoms with van der Waals surface area (Å²) in [5.74, 6) is 1.99. The van der Waals surface area contributed by atoms with E-state index in [4.69, 9.17) is 4.98 Å². The number of aromatic nitrogens is 1. The number of pyridine rings is 1. The van der Waals surface area contributed by atoms with Gasteiger partial charge in [-0.05, 0) is 49.9 Å². The monoisotopic (exact) mass is 283 g/mol. The van der Waals surface area contributed by atoms with Crippen molar-refractivity contribution in [3.8, 4) is 0 Å². The van der Waals surface area contributed by atoms with Gasteiger partial charge in [0, 0.05) is 25.0 Å². The van der Waals surface area contributed by atoms with Crippen molar-refractivity contribution < 1.29 is 0 Å². The van der Waals surface area contributed by atoms with Crippen molar-refractivity contribution in [1.82, 2.24) is 10.3 Å². The standard InChI is InChI=1S/C18H25N3/c1-14-6-5-10-21(11-9-14)18-12-15(13-19-2)16-7-3-4-8-17(16)20-18/h3-4,7-8,12,14,19H,5-6,9-11,13H2,1-2H3. The number of fused-ring (bicyclic) bond motifs is 1. The molecule has 1 aromatic heterocycles. The molecule has 1 aliphatic heterocycles. The number of hydrogen-bond acceptors (Lipinski definition) is 3. The molecule has 0 spiro atoms. The van der Waals surface area contributed by atoms with Crippen LogP contribution in [0.15, 0.2) is 30.3 Å². The molecule has 3 heteroatoms. The van der Waals surface area contributed by atoms with E-state index in [1.54, 1.807) is 0 Å². The molecule has 0 saturated carbocycles. The minimum Gasteiger partial charge on any atom is -0.357 e. The number of rotatable bonds is 3. The van der Waals surface area contributed by atoms with Crippen LogP contribution in [0.2, 0.25) is 0 Å². The van der Waals surface area contributed by atoms with Crippen molar-refractivity contribution in [3.63, 3.8) is 0 Å². The SMILES string of the molecule is CNCc1cc(N2CCCC(C)CC2)nc2ccccc12. The lowest BCUT2D eigenvalue weighted by atomic mass is 10.0. The van der Waals surface area contributed by atoms with E-state index in [0.717, 1.165) is 36.9 Å². The average Bonchev–Trinajstić information content (AvgIpc) is 2.72. The Morgan fingerprint density at radius 2 is 2.10 bits per heavy atom. The molecule has 3 nitrogen and oxygen atoms in total. The molecule has 0 amide bonds. The Labute approximate surface area is 127 Å². The lowest BCUT2D eigenvalue weighted by Crippen LogP contribution is -2.25. The largest absolute Gasteiger partial charge is 0.357 e. The van der Waals surface area contributed by atoms with Crippen LogP contribution in [0, 0.1) is 5.92 Å². The van der Waals surface area contributed by atoms with Crippen molar-refractivity contribution in [2.45, 2.75) is 32.7 Å². The molecule has 2 heterocycles. The molecule has 1 N–H and O–H groups in total. The minimum atomic E-state index is 0.840. The van der Waals surface area contributed by atoms with E-state index in [2.05, 4.69) is 47.5 Å². The fourth-order valence-corrected chi connectivity index (χ4v) is 3.22. The maximum Gasteiger partial charge on any atom is 0.129 e. The van der Waals surface area contributed by atoms with E-state index >= 15 is 0 Å². The van der Waals surface area contributed by atoms with Gasteiger partial charge in [0.2, 0.25) is 0 Å². The molecule has 1 aromatic carbocycles. The lowest BCUT2D eigenvalue weighted by Gasteiger charge is -2.23. The average molecular weight is 283 g/mol. The Bertz CT molecular complexity index is 608. The Morgan fingerprint density at radius 1 is 1.24 bits per heavy atom. The highest BCUT2D eigenvalue weighted by atomic mass is 15.2. The first-order valence-corrected chi connectivity index (χ1v) is 8.06. The molecule has 1 saturated heterocycles. The summed E-state index contributed by atoms with van der Waals surface area (Å²) < 4.78 is 0. The number of para-hydroxylation sites is 1. The van der Waals surface area contributed by atoms with Gasteiger partial charge in [-0.2, -0.15) is 0 Å². The second-order valence-electron chi connectivity index (χ2n) is 6.21. The molecule has 1 fully saturated rings. The Kier molecular flexibility index (Phi) is 4.39. The van der Waals surface area contributed by atoms with Crippen LogP contribution in [0.3, 0.4) is 0 Å². The predicted octanol–water partition coefficient (Wildman–Crippen LogP) is 3.58. The van der Waals surface area contributed by atoms with Gasteiger partial charge in [0.1, 0.15) is 5.82 Å². The number of anilines is 1. The summed E-state index contributed by atoms with van der Waals surface area (Å²) in [6.07, 6.45) is 3.89. The Morgan fingerprint density at radius 3 is 2.95 bits per heavy atom. The van der Waals surface area contributed by atoms with Gasteiger partial charge >= 0.3 is 0 Å². The van der Waals surface area contributed by atoms with Crippen LogP contribution >= 0.6 is 0 Å². The van der Waals surface area contributed by atoms with E-state index in [-0.39, 0.29) is 0 Å². The van der Waals surface area contributed by atoms with E-state index < -0.39 is 0 Å². The number of nitrogens with one attached hydrogen (secondary N) is 1. The zero-order valence-electron chi connectivity index (χ0n) is 13.1. The van der Waals surface area contributed by atoms with E-state index in [1.807, 2.05) is 7.05 Å². The normalized spacial score (nSPS) is 19.7. The highest BCUT2D eigenvalue weighted by molar-refractivity contribution is 5.84. The van der Waals surface area contributed by atoms with Crippen LogP contribution in [0.5, 0.6) is 0 Å². The Hall–Kier alpha value is -1.61. The second kappa shape index (κ2) is 6.44. The van der Waals surface area contributed by atoms with Crippen LogP contribution in [-0.2, 0) is 6.54 Å². The van der Waals surface area contributed by atoms with Crippen molar-refractivity contribution in [1.29, 1.82) is 0 Å². The molecule has 0 aliphatic carbocycles. The van der Waals surface area contributed by atoms with Crippen LogP contribution in [-0.4, -0.2) is 25.1 Å². The first-order chi connectivity index (χ1) is 10.3. The van der Waals surface area contributed by atoms with E-state index in [1.165, 1.54) is 30.2 Å². The van der Waals surface area contributed by atoms with Crippen LogP contribution < -0.4 is 10.2 Å². The van der Waals surface area contributed by atoms with Crippen LogP contribution in [0.1, 0.15) is 31.7 Å². The maximum absolute atomic E-state index is 4.91. The maximum atomic E-state index is 4.91. The summed E-state index contributed by atoms with van der Waals surface area (Å²) >= 11 is 0. The van der Waals surface area contributed by atoms with Crippen molar-refractivity contribution in [3.05, 3.63) is 35.9 Å². The first kappa shape index (κ1) is 14.3. The van der Waals surface area contributed by atoms with E-state index in [9.17, 15) is 0 Å². The third-order valence-electron chi connectivity index (χ3n) is 4.50. The fraction of sp³-hybridized carbons (Fsp3) is 0.500. The summed E-state index contributed by atoms with van der Waals surface area (Å²) in [5.41, 5.74) is 2.45. The summed E-state index contributed by atoms with van der Waals surface area (Å²) in [5, 5.41) is 4.54. The van der Waals surface area contributed by atoms with Gasteiger partial charge in [-0.3, -0.25) is 0 Å². The van der Waals surface area contributed by atoms with Gasteiger partial charge in [-0.1, -0.05) is 25.1 Å². The fourth-order valence-electron chi connectivity index (χ4n) is 3.22. The topological polar surface area (TPSA) is 28.2 Å². The van der Waals surface area contributed by atoms with Gasteiger partial charge in [0.25, 0.3) is 0 Å². The van der Waals surface area contributed by atoms with E-state index in [0.29, 0.717) is 0 Å². The zero-order chi connectivity index (χ0) is 14.7. The molecule has 3 rings (SSSR count).